The molecule has 1 fully saturated rings. The van der Waals surface area contributed by atoms with Crippen LogP contribution in [0, 0.1) is 19.8 Å². The van der Waals surface area contributed by atoms with Crippen molar-refractivity contribution in [3.8, 4) is 5.88 Å². The molecule has 2 aromatic heterocycles. The second kappa shape index (κ2) is 8.64. The van der Waals surface area contributed by atoms with Crippen molar-refractivity contribution in [3.05, 3.63) is 23.0 Å². The number of nitrogens with zero attached hydrogens (tertiary/aromatic N) is 5. The summed E-state index contributed by atoms with van der Waals surface area (Å²) in [4.78, 5) is 10.8. The Hall–Kier alpha value is -1.88. The Morgan fingerprint density at radius 2 is 1.89 bits per heavy atom. The number of rotatable bonds is 6. The van der Waals surface area contributed by atoms with Crippen LogP contribution in [0.2, 0.25) is 0 Å². The number of ether oxygens (including phenoxy) is 1. The first-order valence-corrected chi connectivity index (χ1v) is 10.1. The lowest BCUT2D eigenvalue weighted by Gasteiger charge is -2.30. The van der Waals surface area contributed by atoms with E-state index in [9.17, 15) is 13.2 Å². The van der Waals surface area contributed by atoms with Crippen molar-refractivity contribution in [2.75, 3.05) is 26.0 Å². The fourth-order valence-corrected chi connectivity index (χ4v) is 3.34. The molecule has 11 heteroatoms. The van der Waals surface area contributed by atoms with E-state index in [1.807, 2.05) is 25.0 Å². The lowest BCUT2D eigenvalue weighted by molar-refractivity contribution is -0.157. The Kier molecular flexibility index (Phi) is 6.43. The molecule has 0 aliphatic carbocycles. The number of likely N-dealkylation sites (tertiary alicyclic amines) is 1. The molecule has 2 aromatic rings. The zero-order valence-electron chi connectivity index (χ0n) is 15.9. The maximum atomic E-state index is 12.5. The van der Waals surface area contributed by atoms with Crippen molar-refractivity contribution >= 4 is 11.8 Å². The Bertz CT molecular complexity index is 807. The monoisotopic (exact) mass is 417 g/mol. The summed E-state index contributed by atoms with van der Waals surface area (Å²) in [5.74, 6) is -0.341. The second-order valence-corrected chi connectivity index (χ2v) is 7.53. The van der Waals surface area contributed by atoms with Crippen molar-refractivity contribution in [2.45, 2.75) is 44.6 Å². The van der Waals surface area contributed by atoms with E-state index in [2.05, 4.69) is 20.2 Å². The molecule has 7 nitrogen and oxygen atoms in total. The first kappa shape index (κ1) is 20.8. The van der Waals surface area contributed by atoms with Crippen molar-refractivity contribution < 1.29 is 22.3 Å². The quantitative estimate of drug-likeness (QED) is 0.522. The number of thioether (sulfide) groups is 1. The molecule has 0 bridgehead atoms. The number of aromatic nitrogens is 4. The van der Waals surface area contributed by atoms with E-state index in [1.165, 1.54) is 11.8 Å². The van der Waals surface area contributed by atoms with Gasteiger partial charge in [0.15, 0.2) is 5.16 Å². The van der Waals surface area contributed by atoms with Crippen LogP contribution in [0.3, 0.4) is 0 Å². The number of hydrogen-bond donors (Lipinski definition) is 0. The van der Waals surface area contributed by atoms with E-state index in [0.717, 1.165) is 37.2 Å². The summed E-state index contributed by atoms with van der Waals surface area (Å²) in [6, 6.07) is 0. The summed E-state index contributed by atoms with van der Waals surface area (Å²) in [6.07, 6.45) is -0.939. The van der Waals surface area contributed by atoms with Gasteiger partial charge in [-0.05, 0) is 52.0 Å². The van der Waals surface area contributed by atoms with E-state index in [4.69, 9.17) is 9.15 Å². The van der Waals surface area contributed by atoms with E-state index < -0.39 is 12.1 Å². The summed E-state index contributed by atoms with van der Waals surface area (Å²) in [7, 11) is 0. The third-order valence-corrected chi connectivity index (χ3v) is 5.29. The molecule has 1 aliphatic rings. The molecule has 0 N–H and O–H groups in total. The molecule has 1 aliphatic heterocycles. The van der Waals surface area contributed by atoms with Crippen LogP contribution < -0.4 is 4.74 Å². The van der Waals surface area contributed by atoms with Crippen molar-refractivity contribution in [1.82, 2.24) is 25.1 Å². The van der Waals surface area contributed by atoms with Crippen LogP contribution in [0.1, 0.15) is 35.9 Å². The van der Waals surface area contributed by atoms with Crippen LogP contribution in [0.5, 0.6) is 5.88 Å². The van der Waals surface area contributed by atoms with Crippen molar-refractivity contribution in [3.63, 3.8) is 0 Å². The van der Waals surface area contributed by atoms with E-state index in [-0.39, 0.29) is 12.4 Å². The molecule has 0 spiro atoms. The summed E-state index contributed by atoms with van der Waals surface area (Å²) < 4.78 is 48.2. The summed E-state index contributed by atoms with van der Waals surface area (Å²) >= 11 is 1.47. The lowest BCUT2D eigenvalue weighted by atomic mass is 9.98. The van der Waals surface area contributed by atoms with Gasteiger partial charge in [0, 0.05) is 11.3 Å². The molecule has 0 radical (unpaired) electrons. The molecule has 1 saturated heterocycles. The molecule has 0 saturated carbocycles. The van der Waals surface area contributed by atoms with Gasteiger partial charge in [0.25, 0.3) is 0 Å². The smallest absolute Gasteiger partial charge is 0.470 e. The van der Waals surface area contributed by atoms with Crippen LogP contribution in [0.4, 0.5) is 13.2 Å². The highest BCUT2D eigenvalue weighted by atomic mass is 32.2. The minimum atomic E-state index is -4.61. The molecule has 154 valence electrons. The average molecular weight is 417 g/mol. The van der Waals surface area contributed by atoms with Gasteiger partial charge >= 0.3 is 12.1 Å². The van der Waals surface area contributed by atoms with E-state index in [1.54, 1.807) is 0 Å². The highest BCUT2D eigenvalue weighted by Crippen LogP contribution is 2.28. The maximum Gasteiger partial charge on any atom is 0.470 e. The normalized spacial score (nSPS) is 16.5. The van der Waals surface area contributed by atoms with Crippen LogP contribution >= 0.6 is 11.8 Å². The number of piperidine rings is 1. The average Bonchev–Trinajstić information content (AvgIpc) is 3.13. The van der Waals surface area contributed by atoms with Crippen molar-refractivity contribution in [1.29, 1.82) is 0 Å². The maximum absolute atomic E-state index is 12.5. The van der Waals surface area contributed by atoms with E-state index in [0.29, 0.717) is 23.6 Å². The predicted molar refractivity (Wildman–Crippen MR) is 96.1 cm³/mol. The molecule has 3 heterocycles. The van der Waals surface area contributed by atoms with Gasteiger partial charge in [0.1, 0.15) is 0 Å². The Labute approximate surface area is 165 Å². The minimum Gasteiger partial charge on any atom is -0.477 e. The minimum absolute atomic E-state index is 0.0151. The van der Waals surface area contributed by atoms with Gasteiger partial charge < -0.3 is 9.15 Å². The van der Waals surface area contributed by atoms with Crippen LogP contribution in [-0.2, 0) is 12.7 Å². The van der Waals surface area contributed by atoms with Gasteiger partial charge in [-0.1, -0.05) is 11.8 Å². The van der Waals surface area contributed by atoms with Crippen molar-refractivity contribution in [2.24, 2.45) is 5.92 Å². The zero-order chi connectivity index (χ0) is 20.3. The summed E-state index contributed by atoms with van der Waals surface area (Å²) in [6.45, 7) is 6.11. The number of alkyl halides is 3. The Morgan fingerprint density at radius 1 is 1.18 bits per heavy atom. The van der Waals surface area contributed by atoms with Gasteiger partial charge in [-0.2, -0.15) is 18.2 Å². The fraction of sp³-hybridized carbons (Fsp3) is 0.647. The largest absolute Gasteiger partial charge is 0.477 e. The fourth-order valence-electron chi connectivity index (χ4n) is 2.94. The standard InChI is InChI=1S/C17H22F3N5O2S/c1-10-11(2)21-16(28-3)22-14(10)26-9-12-4-6-25(7-5-12)8-13-23-24-15(27-13)17(18,19)20/h12H,4-9H2,1-3H3. The number of aryl methyl sites for hydroxylation is 1. The predicted octanol–water partition coefficient (Wildman–Crippen LogP) is 3.51. The highest BCUT2D eigenvalue weighted by Gasteiger charge is 2.38. The molecule has 0 amide bonds. The third-order valence-electron chi connectivity index (χ3n) is 4.74. The van der Waals surface area contributed by atoms with Crippen LogP contribution in [0.25, 0.3) is 0 Å². The lowest BCUT2D eigenvalue weighted by Crippen LogP contribution is -2.35. The van der Waals surface area contributed by atoms with Crippen LogP contribution in [0.15, 0.2) is 9.57 Å². The first-order chi connectivity index (χ1) is 13.3. The van der Waals surface area contributed by atoms with Gasteiger partial charge in [0.2, 0.25) is 11.8 Å². The molecule has 0 atom stereocenters. The molecular weight excluding hydrogens is 395 g/mol. The SMILES string of the molecule is CSc1nc(C)c(C)c(OCC2CCN(Cc3nnc(C(F)(F)F)o3)CC2)n1. The zero-order valence-corrected chi connectivity index (χ0v) is 16.7. The molecule has 0 unspecified atom stereocenters. The Balaban J connectivity index is 1.48. The molecule has 3 rings (SSSR count). The number of halogens is 3. The van der Waals surface area contributed by atoms with Gasteiger partial charge in [-0.15, -0.1) is 10.2 Å². The number of hydrogen-bond acceptors (Lipinski definition) is 8. The van der Waals surface area contributed by atoms with Crippen LogP contribution in [-0.4, -0.2) is 51.0 Å². The first-order valence-electron chi connectivity index (χ1n) is 8.90. The molecular formula is C17H22F3N5O2S. The summed E-state index contributed by atoms with van der Waals surface area (Å²) in [5, 5.41) is 7.23. The second-order valence-electron chi connectivity index (χ2n) is 6.76. The van der Waals surface area contributed by atoms with Gasteiger partial charge in [0.05, 0.1) is 13.2 Å². The van der Waals surface area contributed by atoms with Gasteiger partial charge in [-0.3, -0.25) is 4.90 Å². The molecule has 0 aromatic carbocycles. The highest BCUT2D eigenvalue weighted by molar-refractivity contribution is 7.98. The third kappa shape index (κ3) is 5.13. The Morgan fingerprint density at radius 3 is 2.50 bits per heavy atom. The van der Waals surface area contributed by atoms with E-state index >= 15 is 0 Å². The van der Waals surface area contributed by atoms with Gasteiger partial charge in [-0.25, -0.2) is 4.98 Å². The topological polar surface area (TPSA) is 77.2 Å². The molecule has 28 heavy (non-hydrogen) atoms. The summed E-state index contributed by atoms with van der Waals surface area (Å²) in [5.41, 5.74) is 1.84.